The number of piperidine rings is 1. The van der Waals surface area contributed by atoms with E-state index in [1.165, 1.54) is 6.07 Å². The van der Waals surface area contributed by atoms with Crippen molar-refractivity contribution < 1.29 is 9.13 Å². The first kappa shape index (κ1) is 14.1. The van der Waals surface area contributed by atoms with Crippen molar-refractivity contribution in [3.8, 4) is 5.75 Å². The number of halogens is 1. The summed E-state index contributed by atoms with van der Waals surface area (Å²) in [5, 5.41) is 0. The van der Waals surface area contributed by atoms with Crippen LogP contribution in [0.2, 0.25) is 0 Å². The number of benzene rings is 1. The monoisotopic (exact) mass is 266 g/mol. The molecule has 2 N–H and O–H groups in total. The number of nitrogens with two attached hydrogens (primary N) is 1. The lowest BCUT2D eigenvalue weighted by molar-refractivity contribution is 0.270. The van der Waals surface area contributed by atoms with Crippen molar-refractivity contribution in [2.45, 2.75) is 32.7 Å². The molecule has 0 aromatic heterocycles. The Morgan fingerprint density at radius 3 is 2.95 bits per heavy atom. The summed E-state index contributed by atoms with van der Waals surface area (Å²) in [5.41, 5.74) is 6.83. The van der Waals surface area contributed by atoms with Gasteiger partial charge in [0.05, 0.1) is 12.3 Å². The van der Waals surface area contributed by atoms with Crippen LogP contribution in [-0.4, -0.2) is 25.7 Å². The van der Waals surface area contributed by atoms with Crippen molar-refractivity contribution in [3.63, 3.8) is 0 Å². The van der Waals surface area contributed by atoms with E-state index in [1.54, 1.807) is 12.1 Å². The van der Waals surface area contributed by atoms with Gasteiger partial charge in [-0.3, -0.25) is 0 Å². The lowest BCUT2D eigenvalue weighted by Crippen LogP contribution is -2.43. The summed E-state index contributed by atoms with van der Waals surface area (Å²) in [6.45, 7) is 6.51. The van der Waals surface area contributed by atoms with Gasteiger partial charge in [-0.2, -0.15) is 0 Å². The highest BCUT2D eigenvalue weighted by Gasteiger charge is 2.20. The van der Waals surface area contributed by atoms with Crippen LogP contribution in [0.15, 0.2) is 18.2 Å². The van der Waals surface area contributed by atoms with Gasteiger partial charge in [0, 0.05) is 25.2 Å². The molecular weight excluding hydrogens is 243 g/mol. The molecule has 1 saturated heterocycles. The van der Waals surface area contributed by atoms with Crippen LogP contribution in [0.1, 0.15) is 26.7 Å². The van der Waals surface area contributed by atoms with Crippen LogP contribution in [0.5, 0.6) is 5.75 Å². The fraction of sp³-hybridized carbons (Fsp3) is 0.600. The topological polar surface area (TPSA) is 38.5 Å². The minimum absolute atomic E-state index is 0.162. The molecule has 1 unspecified atom stereocenters. The second-order valence-electron chi connectivity index (χ2n) is 5.67. The zero-order chi connectivity index (χ0) is 13.8. The van der Waals surface area contributed by atoms with Gasteiger partial charge in [-0.15, -0.1) is 0 Å². The number of hydrogen-bond acceptors (Lipinski definition) is 3. The summed E-state index contributed by atoms with van der Waals surface area (Å²) in [6.07, 6.45) is 2.08. The lowest BCUT2D eigenvalue weighted by Gasteiger charge is -2.33. The molecule has 1 aromatic rings. The lowest BCUT2D eigenvalue weighted by atomic mass is 10.1. The minimum atomic E-state index is -0.231. The zero-order valence-corrected chi connectivity index (χ0v) is 11.7. The van der Waals surface area contributed by atoms with Gasteiger partial charge in [0.25, 0.3) is 0 Å². The molecule has 0 bridgehead atoms. The summed E-state index contributed by atoms with van der Waals surface area (Å²) in [6, 6.07) is 4.87. The maximum absolute atomic E-state index is 13.5. The first-order valence-corrected chi connectivity index (χ1v) is 6.99. The molecule has 0 amide bonds. The van der Waals surface area contributed by atoms with Gasteiger partial charge in [-0.1, -0.05) is 13.8 Å². The maximum Gasteiger partial charge on any atom is 0.142 e. The predicted octanol–water partition coefficient (Wildman–Crippen LogP) is 2.79. The summed E-state index contributed by atoms with van der Waals surface area (Å²) in [5.74, 6) is 0.969. The molecule has 3 nitrogen and oxygen atoms in total. The third-order valence-electron chi connectivity index (χ3n) is 3.29. The summed E-state index contributed by atoms with van der Waals surface area (Å²) in [7, 11) is 0. The normalized spacial score (nSPS) is 19.8. The van der Waals surface area contributed by atoms with E-state index >= 15 is 0 Å². The Morgan fingerprint density at radius 1 is 1.47 bits per heavy atom. The molecule has 0 saturated carbocycles. The van der Waals surface area contributed by atoms with Crippen molar-refractivity contribution in [3.05, 3.63) is 24.0 Å². The molecule has 106 valence electrons. The standard InChI is InChI=1S/C15H23FN2O/c1-11(2)10-19-15-6-5-12(16)8-14(15)18-7-3-4-13(17)9-18/h5-6,8,11,13H,3-4,7,9-10,17H2,1-2H3. The van der Waals surface area contributed by atoms with Gasteiger partial charge < -0.3 is 15.4 Å². The third kappa shape index (κ3) is 3.83. The van der Waals surface area contributed by atoms with Crippen LogP contribution in [0.4, 0.5) is 10.1 Å². The van der Waals surface area contributed by atoms with E-state index in [4.69, 9.17) is 10.5 Å². The first-order valence-electron chi connectivity index (χ1n) is 6.99. The predicted molar refractivity (Wildman–Crippen MR) is 76.2 cm³/mol. The Labute approximate surface area is 114 Å². The molecule has 1 aliphatic heterocycles. The third-order valence-corrected chi connectivity index (χ3v) is 3.29. The van der Waals surface area contributed by atoms with Gasteiger partial charge in [0.1, 0.15) is 11.6 Å². The van der Waals surface area contributed by atoms with Crippen LogP contribution in [0, 0.1) is 11.7 Å². The quantitative estimate of drug-likeness (QED) is 0.910. The highest BCUT2D eigenvalue weighted by molar-refractivity contribution is 5.59. The van der Waals surface area contributed by atoms with Gasteiger partial charge in [0.15, 0.2) is 0 Å². The highest BCUT2D eigenvalue weighted by Crippen LogP contribution is 2.31. The number of anilines is 1. The molecule has 1 aromatic carbocycles. The second-order valence-corrected chi connectivity index (χ2v) is 5.67. The Morgan fingerprint density at radius 2 is 2.26 bits per heavy atom. The Bertz CT molecular complexity index is 423. The fourth-order valence-electron chi connectivity index (χ4n) is 2.34. The Hall–Kier alpha value is -1.29. The smallest absolute Gasteiger partial charge is 0.142 e. The second kappa shape index (κ2) is 6.24. The van der Waals surface area contributed by atoms with Crippen LogP contribution < -0.4 is 15.4 Å². The molecule has 1 heterocycles. The molecule has 1 fully saturated rings. The molecule has 0 spiro atoms. The van der Waals surface area contributed by atoms with E-state index in [0.717, 1.165) is 37.4 Å². The average molecular weight is 266 g/mol. The fourth-order valence-corrected chi connectivity index (χ4v) is 2.34. The van der Waals surface area contributed by atoms with Crippen molar-refractivity contribution in [2.24, 2.45) is 11.7 Å². The maximum atomic E-state index is 13.5. The summed E-state index contributed by atoms with van der Waals surface area (Å²) in [4.78, 5) is 2.13. The van der Waals surface area contributed by atoms with Crippen molar-refractivity contribution >= 4 is 5.69 Å². The van der Waals surface area contributed by atoms with Crippen molar-refractivity contribution in [2.75, 3.05) is 24.6 Å². The molecule has 0 aliphatic carbocycles. The van der Waals surface area contributed by atoms with Gasteiger partial charge >= 0.3 is 0 Å². The van der Waals surface area contributed by atoms with Crippen molar-refractivity contribution in [1.82, 2.24) is 0 Å². The Balaban J connectivity index is 2.18. The van der Waals surface area contributed by atoms with E-state index in [-0.39, 0.29) is 11.9 Å². The number of hydrogen-bond donors (Lipinski definition) is 1. The first-order chi connectivity index (χ1) is 9.06. The summed E-state index contributed by atoms with van der Waals surface area (Å²) >= 11 is 0. The number of rotatable bonds is 4. The van der Waals surface area contributed by atoms with Crippen LogP contribution in [0.3, 0.4) is 0 Å². The van der Waals surface area contributed by atoms with E-state index in [2.05, 4.69) is 18.7 Å². The van der Waals surface area contributed by atoms with Gasteiger partial charge in [-0.05, 0) is 30.9 Å². The van der Waals surface area contributed by atoms with E-state index in [1.807, 2.05) is 0 Å². The molecule has 0 radical (unpaired) electrons. The van der Waals surface area contributed by atoms with E-state index in [0.29, 0.717) is 12.5 Å². The number of nitrogens with zero attached hydrogens (tertiary/aromatic N) is 1. The molecule has 1 aliphatic rings. The summed E-state index contributed by atoms with van der Waals surface area (Å²) < 4.78 is 19.3. The average Bonchev–Trinajstić information content (AvgIpc) is 2.37. The molecule has 19 heavy (non-hydrogen) atoms. The number of ether oxygens (including phenoxy) is 1. The molecular formula is C15H23FN2O. The molecule has 4 heteroatoms. The van der Waals surface area contributed by atoms with Gasteiger partial charge in [0.2, 0.25) is 0 Å². The van der Waals surface area contributed by atoms with E-state index in [9.17, 15) is 4.39 Å². The Kier molecular flexibility index (Phi) is 4.64. The van der Waals surface area contributed by atoms with Crippen LogP contribution in [0.25, 0.3) is 0 Å². The van der Waals surface area contributed by atoms with E-state index < -0.39 is 0 Å². The van der Waals surface area contributed by atoms with Crippen molar-refractivity contribution in [1.29, 1.82) is 0 Å². The van der Waals surface area contributed by atoms with Gasteiger partial charge in [-0.25, -0.2) is 4.39 Å². The van der Waals surface area contributed by atoms with Crippen LogP contribution >= 0.6 is 0 Å². The highest BCUT2D eigenvalue weighted by atomic mass is 19.1. The minimum Gasteiger partial charge on any atom is -0.491 e. The molecule has 2 rings (SSSR count). The zero-order valence-electron chi connectivity index (χ0n) is 11.7. The van der Waals surface area contributed by atoms with Crippen LogP contribution in [-0.2, 0) is 0 Å². The SMILES string of the molecule is CC(C)COc1ccc(F)cc1N1CCCC(N)C1. The largest absolute Gasteiger partial charge is 0.491 e. The molecule has 1 atom stereocenters.